The van der Waals surface area contributed by atoms with Crippen molar-refractivity contribution in [3.63, 3.8) is 0 Å². The van der Waals surface area contributed by atoms with Crippen LogP contribution >= 0.6 is 15.9 Å². The standard InChI is InChI=1S/C14H20BrN/c1-11(2)16-8-6-12(7-9-16)13-4-3-5-14(15)10-13/h3-5,10-12H,6-9H2,1-2H3. The third-order valence-electron chi connectivity index (χ3n) is 3.58. The van der Waals surface area contributed by atoms with Gasteiger partial charge in [0, 0.05) is 10.5 Å². The lowest BCUT2D eigenvalue weighted by Gasteiger charge is -2.34. The molecule has 2 rings (SSSR count). The van der Waals surface area contributed by atoms with Crippen LogP contribution in [0.1, 0.15) is 38.2 Å². The van der Waals surface area contributed by atoms with Gasteiger partial charge < -0.3 is 4.90 Å². The normalized spacial score (nSPS) is 19.2. The van der Waals surface area contributed by atoms with Gasteiger partial charge in [-0.1, -0.05) is 28.1 Å². The Balaban J connectivity index is 1.99. The van der Waals surface area contributed by atoms with Crippen molar-refractivity contribution >= 4 is 15.9 Å². The number of likely N-dealkylation sites (tertiary alicyclic amines) is 1. The molecular formula is C14H20BrN. The van der Waals surface area contributed by atoms with Gasteiger partial charge in [-0.2, -0.15) is 0 Å². The van der Waals surface area contributed by atoms with Gasteiger partial charge in [-0.25, -0.2) is 0 Å². The van der Waals surface area contributed by atoms with E-state index in [9.17, 15) is 0 Å². The van der Waals surface area contributed by atoms with Crippen LogP contribution < -0.4 is 0 Å². The molecule has 0 unspecified atom stereocenters. The summed E-state index contributed by atoms with van der Waals surface area (Å²) in [5, 5.41) is 0. The van der Waals surface area contributed by atoms with Gasteiger partial charge in [0.25, 0.3) is 0 Å². The third-order valence-corrected chi connectivity index (χ3v) is 4.07. The first-order valence-electron chi connectivity index (χ1n) is 6.16. The molecule has 2 heteroatoms. The predicted octanol–water partition coefficient (Wildman–Crippen LogP) is 4.04. The number of piperidine rings is 1. The molecule has 88 valence electrons. The molecule has 0 atom stereocenters. The minimum atomic E-state index is 0.698. The average Bonchev–Trinajstić information content (AvgIpc) is 2.29. The van der Waals surface area contributed by atoms with E-state index in [1.165, 1.54) is 36.0 Å². The second-order valence-corrected chi connectivity index (χ2v) is 5.87. The van der Waals surface area contributed by atoms with E-state index in [1.807, 2.05) is 0 Å². The maximum absolute atomic E-state index is 3.55. The minimum Gasteiger partial charge on any atom is -0.301 e. The first-order chi connectivity index (χ1) is 7.66. The highest BCUT2D eigenvalue weighted by Gasteiger charge is 2.21. The molecule has 1 nitrogen and oxygen atoms in total. The molecule has 0 bridgehead atoms. The number of halogens is 1. The quantitative estimate of drug-likeness (QED) is 0.791. The van der Waals surface area contributed by atoms with Crippen molar-refractivity contribution in [1.29, 1.82) is 0 Å². The summed E-state index contributed by atoms with van der Waals surface area (Å²) in [4.78, 5) is 2.58. The molecule has 1 aliphatic heterocycles. The van der Waals surface area contributed by atoms with Crippen LogP contribution in [-0.2, 0) is 0 Å². The second-order valence-electron chi connectivity index (χ2n) is 4.96. The van der Waals surface area contributed by atoms with Gasteiger partial charge in [-0.15, -0.1) is 0 Å². The van der Waals surface area contributed by atoms with E-state index in [4.69, 9.17) is 0 Å². The molecule has 0 amide bonds. The van der Waals surface area contributed by atoms with E-state index in [0.717, 1.165) is 5.92 Å². The Kier molecular flexibility index (Phi) is 4.04. The zero-order valence-corrected chi connectivity index (χ0v) is 11.7. The van der Waals surface area contributed by atoms with Gasteiger partial charge >= 0.3 is 0 Å². The number of rotatable bonds is 2. The van der Waals surface area contributed by atoms with E-state index < -0.39 is 0 Å². The molecule has 0 spiro atoms. The van der Waals surface area contributed by atoms with Crippen LogP contribution in [0.2, 0.25) is 0 Å². The van der Waals surface area contributed by atoms with Crippen molar-refractivity contribution in [2.45, 2.75) is 38.6 Å². The maximum Gasteiger partial charge on any atom is 0.0178 e. The van der Waals surface area contributed by atoms with Gasteiger partial charge in [0.05, 0.1) is 0 Å². The summed E-state index contributed by atoms with van der Waals surface area (Å²) >= 11 is 3.55. The molecule has 0 saturated carbocycles. The molecule has 1 fully saturated rings. The second kappa shape index (κ2) is 5.33. The lowest BCUT2D eigenvalue weighted by molar-refractivity contribution is 0.172. The van der Waals surface area contributed by atoms with Crippen molar-refractivity contribution in [3.05, 3.63) is 34.3 Å². The van der Waals surface area contributed by atoms with E-state index in [-0.39, 0.29) is 0 Å². The van der Waals surface area contributed by atoms with Crippen molar-refractivity contribution in [2.75, 3.05) is 13.1 Å². The lowest BCUT2D eigenvalue weighted by atomic mass is 9.89. The van der Waals surface area contributed by atoms with Gasteiger partial charge in [0.15, 0.2) is 0 Å². The van der Waals surface area contributed by atoms with Crippen LogP contribution in [0.4, 0.5) is 0 Å². The Labute approximate surface area is 107 Å². The molecule has 1 heterocycles. The topological polar surface area (TPSA) is 3.24 Å². The molecule has 0 aromatic heterocycles. The van der Waals surface area contributed by atoms with Crippen LogP contribution in [0.5, 0.6) is 0 Å². The SMILES string of the molecule is CC(C)N1CCC(c2cccc(Br)c2)CC1. The Morgan fingerprint density at radius 1 is 1.25 bits per heavy atom. The van der Waals surface area contributed by atoms with Crippen molar-refractivity contribution in [1.82, 2.24) is 4.90 Å². The van der Waals surface area contributed by atoms with Crippen LogP contribution in [0, 0.1) is 0 Å². The number of nitrogens with zero attached hydrogens (tertiary/aromatic N) is 1. The highest BCUT2D eigenvalue weighted by molar-refractivity contribution is 9.10. The number of hydrogen-bond donors (Lipinski definition) is 0. The summed E-state index contributed by atoms with van der Waals surface area (Å²) in [7, 11) is 0. The van der Waals surface area contributed by atoms with Gasteiger partial charge in [0.2, 0.25) is 0 Å². The van der Waals surface area contributed by atoms with Crippen molar-refractivity contribution in [3.8, 4) is 0 Å². The largest absolute Gasteiger partial charge is 0.301 e. The fraction of sp³-hybridized carbons (Fsp3) is 0.571. The van der Waals surface area contributed by atoms with Crippen LogP contribution in [0.25, 0.3) is 0 Å². The van der Waals surface area contributed by atoms with Gasteiger partial charge in [-0.3, -0.25) is 0 Å². The summed E-state index contributed by atoms with van der Waals surface area (Å²) in [6.07, 6.45) is 2.60. The fourth-order valence-corrected chi connectivity index (χ4v) is 2.93. The summed E-state index contributed by atoms with van der Waals surface area (Å²) in [6, 6.07) is 9.49. The summed E-state index contributed by atoms with van der Waals surface area (Å²) in [5.41, 5.74) is 1.50. The molecular weight excluding hydrogens is 262 g/mol. The van der Waals surface area contributed by atoms with Crippen LogP contribution in [-0.4, -0.2) is 24.0 Å². The highest BCUT2D eigenvalue weighted by atomic mass is 79.9. The highest BCUT2D eigenvalue weighted by Crippen LogP contribution is 2.30. The first kappa shape index (κ1) is 12.1. The zero-order chi connectivity index (χ0) is 11.5. The predicted molar refractivity (Wildman–Crippen MR) is 72.8 cm³/mol. The summed E-state index contributed by atoms with van der Waals surface area (Å²) < 4.78 is 1.20. The van der Waals surface area contributed by atoms with Crippen molar-refractivity contribution in [2.24, 2.45) is 0 Å². The van der Waals surface area contributed by atoms with Crippen LogP contribution in [0.15, 0.2) is 28.7 Å². The minimum absolute atomic E-state index is 0.698. The van der Waals surface area contributed by atoms with Gasteiger partial charge in [-0.05, 0) is 63.4 Å². The Morgan fingerprint density at radius 2 is 1.94 bits per heavy atom. The molecule has 16 heavy (non-hydrogen) atoms. The number of benzene rings is 1. The lowest BCUT2D eigenvalue weighted by Crippen LogP contribution is -2.37. The van der Waals surface area contributed by atoms with E-state index >= 15 is 0 Å². The monoisotopic (exact) mass is 281 g/mol. The van der Waals surface area contributed by atoms with Gasteiger partial charge in [0.1, 0.15) is 0 Å². The summed E-state index contributed by atoms with van der Waals surface area (Å²) in [6.45, 7) is 7.07. The molecule has 1 saturated heterocycles. The van der Waals surface area contributed by atoms with Crippen LogP contribution in [0.3, 0.4) is 0 Å². The number of hydrogen-bond acceptors (Lipinski definition) is 1. The Morgan fingerprint density at radius 3 is 2.50 bits per heavy atom. The summed E-state index contributed by atoms with van der Waals surface area (Å²) in [5.74, 6) is 0.757. The fourth-order valence-electron chi connectivity index (χ4n) is 2.51. The molecule has 1 aromatic rings. The molecule has 0 radical (unpaired) electrons. The Bertz CT molecular complexity index is 340. The Hall–Kier alpha value is -0.340. The van der Waals surface area contributed by atoms with Crippen molar-refractivity contribution < 1.29 is 0 Å². The van der Waals surface area contributed by atoms with E-state index in [0.29, 0.717) is 6.04 Å². The smallest absolute Gasteiger partial charge is 0.0178 e. The average molecular weight is 282 g/mol. The molecule has 1 aliphatic rings. The van der Waals surface area contributed by atoms with E-state index in [2.05, 4.69) is 58.9 Å². The third kappa shape index (κ3) is 2.86. The first-order valence-corrected chi connectivity index (χ1v) is 6.95. The maximum atomic E-state index is 3.55. The molecule has 1 aromatic carbocycles. The van der Waals surface area contributed by atoms with E-state index in [1.54, 1.807) is 0 Å². The molecule has 0 aliphatic carbocycles. The molecule has 0 N–H and O–H groups in total. The zero-order valence-electron chi connectivity index (χ0n) is 10.1.